The van der Waals surface area contributed by atoms with Crippen LogP contribution in [-0.4, -0.2) is 29.2 Å². The predicted octanol–water partition coefficient (Wildman–Crippen LogP) is 3.76. The SMILES string of the molecule is O=C(NCCC#Cc1ncccn1)OCC1c2ccccc2-c2ccccc21. The van der Waals surface area contributed by atoms with Crippen LogP contribution in [-0.2, 0) is 4.74 Å². The van der Waals surface area contributed by atoms with Crippen molar-refractivity contribution in [3.8, 4) is 23.0 Å². The standard InChI is InChI=1S/C23H19N3O2/c27-23(26-13-6-5-12-22-24-14-7-15-25-22)28-16-21-19-10-3-1-8-17(19)18-9-2-4-11-20(18)21/h1-4,7-11,14-15,21H,6,13,16H2,(H,26,27). The number of rotatable bonds is 4. The molecule has 0 spiro atoms. The molecule has 0 aliphatic heterocycles. The molecule has 1 aliphatic rings. The first-order valence-electron chi connectivity index (χ1n) is 9.17. The quantitative estimate of drug-likeness (QED) is 0.562. The molecule has 0 atom stereocenters. The van der Waals surface area contributed by atoms with E-state index in [-0.39, 0.29) is 5.92 Å². The molecule has 1 aliphatic carbocycles. The monoisotopic (exact) mass is 369 g/mol. The van der Waals surface area contributed by atoms with Gasteiger partial charge in [-0.3, -0.25) is 0 Å². The third-order valence-electron chi connectivity index (χ3n) is 4.63. The molecular weight excluding hydrogens is 350 g/mol. The summed E-state index contributed by atoms with van der Waals surface area (Å²) >= 11 is 0. The number of ether oxygens (including phenoxy) is 1. The van der Waals surface area contributed by atoms with E-state index < -0.39 is 6.09 Å². The predicted molar refractivity (Wildman–Crippen MR) is 107 cm³/mol. The molecule has 2 aromatic carbocycles. The smallest absolute Gasteiger partial charge is 0.407 e. The second-order valence-electron chi connectivity index (χ2n) is 6.38. The van der Waals surface area contributed by atoms with Crippen molar-refractivity contribution in [2.24, 2.45) is 0 Å². The lowest BCUT2D eigenvalue weighted by atomic mass is 9.98. The molecule has 0 radical (unpaired) electrons. The van der Waals surface area contributed by atoms with Crippen LogP contribution in [0.5, 0.6) is 0 Å². The van der Waals surface area contributed by atoms with Crippen molar-refractivity contribution in [3.05, 3.63) is 83.9 Å². The molecule has 1 heterocycles. The van der Waals surface area contributed by atoms with Crippen LogP contribution in [0.4, 0.5) is 4.79 Å². The number of carbonyl (C=O) groups is 1. The summed E-state index contributed by atoms with van der Waals surface area (Å²) < 4.78 is 5.48. The summed E-state index contributed by atoms with van der Waals surface area (Å²) in [6.07, 6.45) is 3.36. The second kappa shape index (κ2) is 8.36. The number of carbonyl (C=O) groups excluding carboxylic acids is 1. The van der Waals surface area contributed by atoms with E-state index in [9.17, 15) is 4.79 Å². The van der Waals surface area contributed by atoms with Gasteiger partial charge in [0.05, 0.1) is 0 Å². The van der Waals surface area contributed by atoms with E-state index in [4.69, 9.17) is 4.74 Å². The van der Waals surface area contributed by atoms with Crippen molar-refractivity contribution in [1.82, 2.24) is 15.3 Å². The summed E-state index contributed by atoms with van der Waals surface area (Å²) in [5, 5.41) is 2.74. The molecule has 0 fully saturated rings. The van der Waals surface area contributed by atoms with Crippen molar-refractivity contribution < 1.29 is 9.53 Å². The van der Waals surface area contributed by atoms with E-state index in [1.165, 1.54) is 22.3 Å². The highest BCUT2D eigenvalue weighted by molar-refractivity contribution is 5.79. The number of hydrogen-bond donors (Lipinski definition) is 1. The summed E-state index contributed by atoms with van der Waals surface area (Å²) in [4.78, 5) is 20.1. The van der Waals surface area contributed by atoms with Crippen LogP contribution in [0.25, 0.3) is 11.1 Å². The first-order valence-corrected chi connectivity index (χ1v) is 9.17. The number of nitrogens with zero attached hydrogens (tertiary/aromatic N) is 2. The average molecular weight is 369 g/mol. The summed E-state index contributed by atoms with van der Waals surface area (Å²) in [6, 6.07) is 18.3. The molecule has 1 N–H and O–H groups in total. The molecule has 1 aromatic heterocycles. The lowest BCUT2D eigenvalue weighted by molar-refractivity contribution is 0.143. The highest BCUT2D eigenvalue weighted by atomic mass is 16.5. The van der Waals surface area contributed by atoms with Crippen LogP contribution >= 0.6 is 0 Å². The molecule has 5 nitrogen and oxygen atoms in total. The molecule has 4 rings (SSSR count). The van der Waals surface area contributed by atoms with Gasteiger partial charge in [-0.15, -0.1) is 0 Å². The largest absolute Gasteiger partial charge is 0.449 e. The van der Waals surface area contributed by atoms with Crippen LogP contribution in [0.2, 0.25) is 0 Å². The Morgan fingerprint density at radius 3 is 2.29 bits per heavy atom. The third-order valence-corrected chi connectivity index (χ3v) is 4.63. The Bertz CT molecular complexity index is 993. The molecule has 0 unspecified atom stereocenters. The van der Waals surface area contributed by atoms with E-state index in [0.717, 1.165) is 0 Å². The van der Waals surface area contributed by atoms with E-state index in [2.05, 4.69) is 51.4 Å². The lowest BCUT2D eigenvalue weighted by Gasteiger charge is -2.14. The molecule has 0 saturated heterocycles. The minimum Gasteiger partial charge on any atom is -0.449 e. The Labute approximate surface area is 163 Å². The Hall–Kier alpha value is -3.65. The zero-order valence-electron chi connectivity index (χ0n) is 15.3. The van der Waals surface area contributed by atoms with Crippen molar-refractivity contribution in [2.45, 2.75) is 12.3 Å². The summed E-state index contributed by atoms with van der Waals surface area (Å²) in [6.45, 7) is 0.722. The van der Waals surface area contributed by atoms with Gasteiger partial charge in [0.2, 0.25) is 5.82 Å². The number of amides is 1. The maximum atomic E-state index is 12.1. The van der Waals surface area contributed by atoms with Crippen LogP contribution in [0.1, 0.15) is 29.3 Å². The van der Waals surface area contributed by atoms with Crippen LogP contribution in [0.15, 0.2) is 67.0 Å². The number of fused-ring (bicyclic) bond motifs is 3. The zero-order valence-corrected chi connectivity index (χ0v) is 15.3. The summed E-state index contributed by atoms with van der Waals surface area (Å²) in [5.41, 5.74) is 4.83. The molecular formula is C23H19N3O2. The van der Waals surface area contributed by atoms with Gasteiger partial charge >= 0.3 is 6.09 Å². The van der Waals surface area contributed by atoms with Gasteiger partial charge in [0.1, 0.15) is 6.61 Å². The van der Waals surface area contributed by atoms with Crippen molar-refractivity contribution in [2.75, 3.05) is 13.2 Å². The number of benzene rings is 2. The Morgan fingerprint density at radius 1 is 0.964 bits per heavy atom. The van der Waals surface area contributed by atoms with Crippen molar-refractivity contribution >= 4 is 6.09 Å². The van der Waals surface area contributed by atoms with Gasteiger partial charge in [-0.2, -0.15) is 0 Å². The van der Waals surface area contributed by atoms with Gasteiger partial charge in [0.15, 0.2) is 0 Å². The minimum absolute atomic E-state index is 0.0631. The Balaban J connectivity index is 1.30. The van der Waals surface area contributed by atoms with Gasteiger partial charge in [-0.05, 0) is 34.2 Å². The maximum absolute atomic E-state index is 12.1. The van der Waals surface area contributed by atoms with Gasteiger partial charge in [-0.25, -0.2) is 14.8 Å². The average Bonchev–Trinajstić information content (AvgIpc) is 3.07. The van der Waals surface area contributed by atoms with Crippen molar-refractivity contribution in [3.63, 3.8) is 0 Å². The second-order valence-corrected chi connectivity index (χ2v) is 6.38. The number of alkyl carbamates (subject to hydrolysis) is 1. The number of aromatic nitrogens is 2. The third kappa shape index (κ3) is 3.86. The first-order chi connectivity index (χ1) is 13.8. The topological polar surface area (TPSA) is 64.1 Å². The van der Waals surface area contributed by atoms with Crippen LogP contribution in [0.3, 0.4) is 0 Å². The Morgan fingerprint density at radius 2 is 1.61 bits per heavy atom. The lowest BCUT2D eigenvalue weighted by Crippen LogP contribution is -2.26. The molecule has 0 bridgehead atoms. The van der Waals surface area contributed by atoms with E-state index >= 15 is 0 Å². The fourth-order valence-corrected chi connectivity index (χ4v) is 3.38. The summed E-state index contributed by atoms with van der Waals surface area (Å²) in [5.74, 6) is 6.33. The highest BCUT2D eigenvalue weighted by Crippen LogP contribution is 2.44. The van der Waals surface area contributed by atoms with Gasteiger partial charge < -0.3 is 10.1 Å². The van der Waals surface area contributed by atoms with Crippen LogP contribution < -0.4 is 5.32 Å². The molecule has 0 saturated carbocycles. The number of nitrogens with one attached hydrogen (secondary N) is 1. The van der Waals surface area contributed by atoms with E-state index in [0.29, 0.717) is 25.4 Å². The van der Waals surface area contributed by atoms with Gasteiger partial charge in [-0.1, -0.05) is 54.5 Å². The Kier molecular flexibility index (Phi) is 5.30. The van der Waals surface area contributed by atoms with E-state index in [1.807, 2.05) is 24.3 Å². The molecule has 5 heteroatoms. The minimum atomic E-state index is -0.431. The van der Waals surface area contributed by atoms with Crippen molar-refractivity contribution in [1.29, 1.82) is 0 Å². The molecule has 28 heavy (non-hydrogen) atoms. The first kappa shape index (κ1) is 17.7. The van der Waals surface area contributed by atoms with Gasteiger partial charge in [0.25, 0.3) is 0 Å². The van der Waals surface area contributed by atoms with Crippen LogP contribution in [0, 0.1) is 11.8 Å². The fraction of sp³-hybridized carbons (Fsp3) is 0.174. The maximum Gasteiger partial charge on any atom is 0.407 e. The zero-order chi connectivity index (χ0) is 19.2. The summed E-state index contributed by atoms with van der Waals surface area (Å²) in [7, 11) is 0. The molecule has 3 aromatic rings. The highest BCUT2D eigenvalue weighted by Gasteiger charge is 2.28. The normalized spacial score (nSPS) is 11.7. The van der Waals surface area contributed by atoms with E-state index in [1.54, 1.807) is 18.5 Å². The fourth-order valence-electron chi connectivity index (χ4n) is 3.38. The molecule has 138 valence electrons. The van der Waals surface area contributed by atoms with Gasteiger partial charge in [0, 0.05) is 31.3 Å². The molecule has 1 amide bonds. The number of hydrogen-bond acceptors (Lipinski definition) is 4.